The van der Waals surface area contributed by atoms with E-state index in [2.05, 4.69) is 14.9 Å². The summed E-state index contributed by atoms with van der Waals surface area (Å²) in [5, 5.41) is 3.89. The largest absolute Gasteiger partial charge is 0.496 e. The summed E-state index contributed by atoms with van der Waals surface area (Å²) in [7, 11) is -2.07. The van der Waals surface area contributed by atoms with E-state index in [9.17, 15) is 8.42 Å². The zero-order valence-corrected chi connectivity index (χ0v) is 14.3. The summed E-state index contributed by atoms with van der Waals surface area (Å²) in [4.78, 5) is 4.43. The fraction of sp³-hybridized carbons (Fsp3) is 0.467. The highest BCUT2D eigenvalue weighted by Crippen LogP contribution is 2.31. The Bertz CT molecular complexity index is 756. The fourth-order valence-electron chi connectivity index (χ4n) is 2.03. The molecule has 0 spiro atoms. The van der Waals surface area contributed by atoms with Crippen LogP contribution in [0.1, 0.15) is 32.5 Å². The van der Waals surface area contributed by atoms with Gasteiger partial charge in [0.1, 0.15) is 5.75 Å². The van der Waals surface area contributed by atoms with Gasteiger partial charge in [0.05, 0.1) is 17.6 Å². The Labute approximate surface area is 136 Å². The molecule has 0 aliphatic rings. The molecule has 0 radical (unpaired) electrons. The molecule has 0 saturated heterocycles. The molecule has 1 aromatic carbocycles. The summed E-state index contributed by atoms with van der Waals surface area (Å²) in [6.07, 6.45) is 2.31. The Kier molecular flexibility index (Phi) is 5.73. The van der Waals surface area contributed by atoms with Gasteiger partial charge in [-0.25, -0.2) is 13.1 Å². The lowest BCUT2D eigenvalue weighted by Gasteiger charge is -2.09. The summed E-state index contributed by atoms with van der Waals surface area (Å²) in [6.45, 7) is 4.30. The maximum absolute atomic E-state index is 12.3. The summed E-state index contributed by atoms with van der Waals surface area (Å²) in [5.41, 5.74) is 0.460. The highest BCUT2D eigenvalue weighted by Gasteiger charge is 2.19. The molecule has 0 unspecified atom stereocenters. The van der Waals surface area contributed by atoms with E-state index in [0.29, 0.717) is 36.5 Å². The zero-order chi connectivity index (χ0) is 16.9. The van der Waals surface area contributed by atoms with Gasteiger partial charge in [-0.15, -0.1) is 0 Å². The lowest BCUT2D eigenvalue weighted by atomic mass is 10.2. The van der Waals surface area contributed by atoms with Gasteiger partial charge < -0.3 is 9.26 Å². The minimum absolute atomic E-state index is 0.136. The summed E-state index contributed by atoms with van der Waals surface area (Å²) < 4.78 is 37.6. The molecule has 2 rings (SSSR count). The normalized spacial score (nSPS) is 11.6. The molecule has 23 heavy (non-hydrogen) atoms. The number of ether oxygens (including phenoxy) is 1. The first-order valence-electron chi connectivity index (χ1n) is 7.52. The second kappa shape index (κ2) is 7.56. The number of rotatable bonds is 8. The van der Waals surface area contributed by atoms with Gasteiger partial charge in [0, 0.05) is 13.0 Å². The van der Waals surface area contributed by atoms with Crippen LogP contribution in [-0.4, -0.2) is 32.2 Å². The number of nitrogens with zero attached hydrogens (tertiary/aromatic N) is 2. The first-order valence-corrected chi connectivity index (χ1v) is 9.00. The first-order chi connectivity index (χ1) is 11.0. The van der Waals surface area contributed by atoms with Crippen LogP contribution in [0.2, 0.25) is 0 Å². The first kappa shape index (κ1) is 17.4. The molecule has 1 heterocycles. The highest BCUT2D eigenvalue weighted by molar-refractivity contribution is 7.89. The Morgan fingerprint density at radius 1 is 1.26 bits per heavy atom. The highest BCUT2D eigenvalue weighted by atomic mass is 32.2. The smallest absolute Gasteiger partial charge is 0.261 e. The van der Waals surface area contributed by atoms with Crippen molar-refractivity contribution in [1.82, 2.24) is 14.9 Å². The summed E-state index contributed by atoms with van der Waals surface area (Å²) in [6, 6.07) is 4.56. The molecule has 0 amide bonds. The SMILES string of the molecule is CCCNS(=O)(=O)c1ccc(OC)c(-c2nc(CCC)no2)c1. The molecule has 0 atom stereocenters. The van der Waals surface area contributed by atoms with Crippen LogP contribution in [0.3, 0.4) is 0 Å². The van der Waals surface area contributed by atoms with Gasteiger partial charge in [-0.05, 0) is 31.0 Å². The van der Waals surface area contributed by atoms with Crippen molar-refractivity contribution in [3.05, 3.63) is 24.0 Å². The molecule has 0 saturated carbocycles. The number of aromatic nitrogens is 2. The summed E-state index contributed by atoms with van der Waals surface area (Å²) >= 11 is 0. The van der Waals surface area contributed by atoms with Crippen LogP contribution in [0.4, 0.5) is 0 Å². The van der Waals surface area contributed by atoms with Gasteiger partial charge in [-0.3, -0.25) is 0 Å². The van der Waals surface area contributed by atoms with Crippen LogP contribution < -0.4 is 9.46 Å². The van der Waals surface area contributed by atoms with E-state index in [1.54, 1.807) is 6.07 Å². The Morgan fingerprint density at radius 2 is 2.04 bits per heavy atom. The lowest BCUT2D eigenvalue weighted by Crippen LogP contribution is -2.24. The van der Waals surface area contributed by atoms with Crippen LogP contribution in [-0.2, 0) is 16.4 Å². The Morgan fingerprint density at radius 3 is 2.70 bits per heavy atom. The molecular weight excluding hydrogens is 318 g/mol. The third-order valence-electron chi connectivity index (χ3n) is 3.20. The van der Waals surface area contributed by atoms with E-state index < -0.39 is 10.0 Å². The standard InChI is InChI=1S/C15H21N3O4S/c1-4-6-14-17-15(22-18-14)12-10-11(7-8-13(12)21-3)23(19,20)16-9-5-2/h7-8,10,16H,4-6,9H2,1-3H3. The molecule has 1 N–H and O–H groups in total. The van der Waals surface area contributed by atoms with Crippen LogP contribution in [0.15, 0.2) is 27.6 Å². The van der Waals surface area contributed by atoms with Crippen LogP contribution in [0.25, 0.3) is 11.5 Å². The average molecular weight is 339 g/mol. The fourth-order valence-corrected chi connectivity index (χ4v) is 3.19. The molecule has 1 aromatic heterocycles. The van der Waals surface area contributed by atoms with Gasteiger partial charge >= 0.3 is 0 Å². The van der Waals surface area contributed by atoms with Crippen LogP contribution in [0, 0.1) is 0 Å². The second-order valence-electron chi connectivity index (χ2n) is 5.03. The minimum atomic E-state index is -3.58. The molecule has 8 heteroatoms. The molecule has 7 nitrogen and oxygen atoms in total. The van der Waals surface area contributed by atoms with Crippen molar-refractivity contribution in [2.24, 2.45) is 0 Å². The predicted molar refractivity (Wildman–Crippen MR) is 85.8 cm³/mol. The van der Waals surface area contributed by atoms with Gasteiger partial charge in [0.15, 0.2) is 5.82 Å². The Hall–Kier alpha value is -1.93. The average Bonchev–Trinajstić information content (AvgIpc) is 3.01. The van der Waals surface area contributed by atoms with E-state index in [0.717, 1.165) is 6.42 Å². The molecule has 0 aliphatic heterocycles. The minimum Gasteiger partial charge on any atom is -0.496 e. The number of hydrogen-bond donors (Lipinski definition) is 1. The van der Waals surface area contributed by atoms with E-state index >= 15 is 0 Å². The van der Waals surface area contributed by atoms with Gasteiger partial charge in [-0.1, -0.05) is 19.0 Å². The zero-order valence-electron chi connectivity index (χ0n) is 13.5. The van der Waals surface area contributed by atoms with Crippen LogP contribution >= 0.6 is 0 Å². The molecule has 0 aliphatic carbocycles. The van der Waals surface area contributed by atoms with Gasteiger partial charge in [0.25, 0.3) is 5.89 Å². The third-order valence-corrected chi connectivity index (χ3v) is 4.65. The molecule has 0 fully saturated rings. The monoisotopic (exact) mass is 339 g/mol. The number of methoxy groups -OCH3 is 1. The maximum atomic E-state index is 12.3. The van der Waals surface area contributed by atoms with Crippen molar-refractivity contribution >= 4 is 10.0 Å². The molecule has 2 aromatic rings. The second-order valence-corrected chi connectivity index (χ2v) is 6.79. The number of nitrogens with one attached hydrogen (secondary N) is 1. The number of aryl methyl sites for hydroxylation is 1. The van der Waals surface area contributed by atoms with Gasteiger partial charge in [-0.2, -0.15) is 4.98 Å². The predicted octanol–water partition coefficient (Wildman–Crippen LogP) is 2.39. The van der Waals surface area contributed by atoms with E-state index in [4.69, 9.17) is 9.26 Å². The molecule has 0 bridgehead atoms. The van der Waals surface area contributed by atoms with E-state index in [1.807, 2.05) is 13.8 Å². The lowest BCUT2D eigenvalue weighted by molar-refractivity contribution is 0.402. The van der Waals surface area contributed by atoms with Gasteiger partial charge in [0.2, 0.25) is 10.0 Å². The van der Waals surface area contributed by atoms with Crippen molar-refractivity contribution in [3.63, 3.8) is 0 Å². The maximum Gasteiger partial charge on any atom is 0.261 e. The Balaban J connectivity index is 2.43. The van der Waals surface area contributed by atoms with Crippen molar-refractivity contribution in [2.45, 2.75) is 38.0 Å². The van der Waals surface area contributed by atoms with Crippen molar-refractivity contribution < 1.29 is 17.7 Å². The van der Waals surface area contributed by atoms with E-state index in [-0.39, 0.29) is 10.8 Å². The number of benzene rings is 1. The quantitative estimate of drug-likeness (QED) is 0.793. The summed E-state index contributed by atoms with van der Waals surface area (Å²) in [5.74, 6) is 1.31. The topological polar surface area (TPSA) is 94.3 Å². The van der Waals surface area contributed by atoms with Crippen molar-refractivity contribution in [1.29, 1.82) is 0 Å². The third kappa shape index (κ3) is 4.08. The number of hydrogen-bond acceptors (Lipinski definition) is 6. The van der Waals surface area contributed by atoms with E-state index in [1.165, 1.54) is 19.2 Å². The number of sulfonamides is 1. The van der Waals surface area contributed by atoms with Crippen LogP contribution in [0.5, 0.6) is 5.75 Å². The molecular formula is C15H21N3O4S. The van der Waals surface area contributed by atoms with Crippen molar-refractivity contribution in [3.8, 4) is 17.2 Å². The molecule has 126 valence electrons. The van der Waals surface area contributed by atoms with Crippen molar-refractivity contribution in [2.75, 3.05) is 13.7 Å².